The minimum Gasteiger partial charge on any atom is -0.345 e. The molecule has 80 valence electrons. The van der Waals surface area contributed by atoms with Crippen LogP contribution in [0.3, 0.4) is 0 Å². The smallest absolute Gasteiger partial charge is 0.151 e. The Hall–Kier alpha value is -1.45. The van der Waals surface area contributed by atoms with Crippen LogP contribution in [-0.2, 0) is 4.79 Å². The molecule has 0 saturated carbocycles. The van der Waals surface area contributed by atoms with Crippen molar-refractivity contribution < 1.29 is 4.79 Å². The van der Waals surface area contributed by atoms with Crippen molar-refractivity contribution in [2.75, 3.05) is 11.4 Å². The van der Waals surface area contributed by atoms with E-state index >= 15 is 0 Å². The molecule has 0 spiro atoms. The van der Waals surface area contributed by atoms with Gasteiger partial charge in [-0.3, -0.25) is 0 Å². The fourth-order valence-electron chi connectivity index (χ4n) is 1.93. The number of anilines is 1. The van der Waals surface area contributed by atoms with Gasteiger partial charge in [0.25, 0.3) is 0 Å². The molecule has 1 saturated heterocycles. The molecule has 1 aromatic heterocycles. The summed E-state index contributed by atoms with van der Waals surface area (Å²) in [5, 5.41) is 8.13. The van der Waals surface area contributed by atoms with E-state index in [0.717, 1.165) is 43.6 Å². The molecule has 0 N–H and O–H groups in total. The monoisotopic (exact) mass is 205 g/mol. The van der Waals surface area contributed by atoms with Crippen LogP contribution in [0, 0.1) is 6.92 Å². The summed E-state index contributed by atoms with van der Waals surface area (Å²) in [5.74, 6) is 0.817. The first-order chi connectivity index (χ1) is 7.31. The maximum atomic E-state index is 10.9. The van der Waals surface area contributed by atoms with Crippen LogP contribution in [0.15, 0.2) is 12.1 Å². The molecule has 1 atom stereocenters. The summed E-state index contributed by atoms with van der Waals surface area (Å²) >= 11 is 0. The van der Waals surface area contributed by atoms with Crippen LogP contribution < -0.4 is 4.90 Å². The fraction of sp³-hybridized carbons (Fsp3) is 0.545. The van der Waals surface area contributed by atoms with Crippen LogP contribution in [0.25, 0.3) is 0 Å². The van der Waals surface area contributed by atoms with Crippen LogP contribution in [-0.4, -0.2) is 29.1 Å². The number of carbonyl (C=O) groups is 1. The highest BCUT2D eigenvalue weighted by Gasteiger charge is 2.22. The molecule has 1 aliphatic heterocycles. The fourth-order valence-corrected chi connectivity index (χ4v) is 1.93. The molecule has 4 nitrogen and oxygen atoms in total. The second-order valence-electron chi connectivity index (χ2n) is 3.93. The summed E-state index contributed by atoms with van der Waals surface area (Å²) in [6.45, 7) is 2.81. The Morgan fingerprint density at radius 2 is 2.27 bits per heavy atom. The molecule has 0 radical (unpaired) electrons. The Bertz CT molecular complexity index is 336. The number of aryl methyl sites for hydroxylation is 1. The highest BCUT2D eigenvalue weighted by molar-refractivity contribution is 5.65. The van der Waals surface area contributed by atoms with E-state index in [1.54, 1.807) is 0 Å². The first-order valence-corrected chi connectivity index (χ1v) is 5.33. The van der Waals surface area contributed by atoms with E-state index in [-0.39, 0.29) is 6.04 Å². The molecular weight excluding hydrogens is 190 g/mol. The van der Waals surface area contributed by atoms with Gasteiger partial charge in [0.2, 0.25) is 0 Å². The van der Waals surface area contributed by atoms with Crippen LogP contribution in [0.1, 0.15) is 25.0 Å². The largest absolute Gasteiger partial charge is 0.345 e. The number of carbonyl (C=O) groups excluding carboxylic acids is 1. The zero-order valence-electron chi connectivity index (χ0n) is 8.89. The van der Waals surface area contributed by atoms with Crippen molar-refractivity contribution in [2.45, 2.75) is 32.2 Å². The van der Waals surface area contributed by atoms with Crippen molar-refractivity contribution in [2.24, 2.45) is 0 Å². The first kappa shape index (κ1) is 10.1. The molecule has 0 aromatic carbocycles. The van der Waals surface area contributed by atoms with E-state index in [0.29, 0.717) is 0 Å². The highest BCUT2D eigenvalue weighted by Crippen LogP contribution is 2.21. The lowest BCUT2D eigenvalue weighted by Crippen LogP contribution is -2.41. The summed E-state index contributed by atoms with van der Waals surface area (Å²) in [5.41, 5.74) is 0.901. The van der Waals surface area contributed by atoms with E-state index in [2.05, 4.69) is 10.2 Å². The van der Waals surface area contributed by atoms with Crippen LogP contribution in [0.4, 0.5) is 5.82 Å². The Kier molecular flexibility index (Phi) is 2.94. The molecule has 1 aliphatic rings. The average Bonchev–Trinajstić information content (AvgIpc) is 2.30. The third kappa shape index (κ3) is 2.14. The molecule has 15 heavy (non-hydrogen) atoms. The van der Waals surface area contributed by atoms with E-state index < -0.39 is 0 Å². The molecule has 0 aliphatic carbocycles. The van der Waals surface area contributed by atoms with Crippen molar-refractivity contribution in [1.82, 2.24) is 10.2 Å². The minimum atomic E-state index is -0.0178. The molecular formula is C11H15N3O. The van der Waals surface area contributed by atoms with Gasteiger partial charge in [-0.05, 0) is 38.3 Å². The van der Waals surface area contributed by atoms with E-state index in [1.165, 1.54) is 0 Å². The molecule has 0 amide bonds. The van der Waals surface area contributed by atoms with E-state index in [9.17, 15) is 4.79 Å². The number of aldehydes is 1. The lowest BCUT2D eigenvalue weighted by atomic mass is 10.0. The number of aromatic nitrogens is 2. The van der Waals surface area contributed by atoms with Gasteiger partial charge in [-0.1, -0.05) is 0 Å². The van der Waals surface area contributed by atoms with Crippen molar-refractivity contribution >= 4 is 12.1 Å². The summed E-state index contributed by atoms with van der Waals surface area (Å²) in [7, 11) is 0. The number of piperidine rings is 1. The third-order valence-corrected chi connectivity index (χ3v) is 2.78. The predicted octanol–water partition coefficient (Wildman–Crippen LogP) is 1.34. The van der Waals surface area contributed by atoms with Gasteiger partial charge in [-0.2, -0.15) is 5.10 Å². The minimum absolute atomic E-state index is 0.0178. The second-order valence-corrected chi connectivity index (χ2v) is 3.93. The lowest BCUT2D eigenvalue weighted by Gasteiger charge is -2.32. The molecule has 1 aromatic rings. The molecule has 1 unspecified atom stereocenters. The van der Waals surface area contributed by atoms with Crippen LogP contribution >= 0.6 is 0 Å². The summed E-state index contributed by atoms with van der Waals surface area (Å²) in [4.78, 5) is 13.0. The van der Waals surface area contributed by atoms with Crippen molar-refractivity contribution in [3.8, 4) is 0 Å². The molecule has 2 heterocycles. The molecule has 0 bridgehead atoms. The average molecular weight is 205 g/mol. The van der Waals surface area contributed by atoms with Crippen LogP contribution in [0.5, 0.6) is 0 Å². The van der Waals surface area contributed by atoms with Crippen molar-refractivity contribution in [3.05, 3.63) is 17.8 Å². The van der Waals surface area contributed by atoms with E-state index in [1.807, 2.05) is 24.0 Å². The SMILES string of the molecule is Cc1ccc(N2CCCCC2C=O)nn1. The van der Waals surface area contributed by atoms with Gasteiger partial charge >= 0.3 is 0 Å². The number of nitrogens with zero attached hydrogens (tertiary/aromatic N) is 3. The summed E-state index contributed by atoms with van der Waals surface area (Å²) < 4.78 is 0. The summed E-state index contributed by atoms with van der Waals surface area (Å²) in [6, 6.07) is 3.85. The zero-order valence-corrected chi connectivity index (χ0v) is 8.89. The maximum absolute atomic E-state index is 10.9. The zero-order chi connectivity index (χ0) is 10.7. The van der Waals surface area contributed by atoms with Gasteiger partial charge in [0, 0.05) is 6.54 Å². The van der Waals surface area contributed by atoms with Gasteiger partial charge in [0.15, 0.2) is 5.82 Å². The third-order valence-electron chi connectivity index (χ3n) is 2.78. The Morgan fingerprint density at radius 3 is 2.93 bits per heavy atom. The normalized spacial score (nSPS) is 21.4. The number of rotatable bonds is 2. The second kappa shape index (κ2) is 4.38. The van der Waals surface area contributed by atoms with Crippen LogP contribution in [0.2, 0.25) is 0 Å². The molecule has 2 rings (SSSR count). The quantitative estimate of drug-likeness (QED) is 0.683. The number of hydrogen-bond acceptors (Lipinski definition) is 4. The highest BCUT2D eigenvalue weighted by atomic mass is 16.1. The lowest BCUT2D eigenvalue weighted by molar-refractivity contribution is -0.109. The van der Waals surface area contributed by atoms with Crippen molar-refractivity contribution in [1.29, 1.82) is 0 Å². The van der Waals surface area contributed by atoms with Gasteiger partial charge in [-0.15, -0.1) is 5.10 Å². The number of hydrogen-bond donors (Lipinski definition) is 0. The Morgan fingerprint density at radius 1 is 1.40 bits per heavy atom. The van der Waals surface area contributed by atoms with Gasteiger partial charge in [-0.25, -0.2) is 0 Å². The predicted molar refractivity (Wildman–Crippen MR) is 57.8 cm³/mol. The first-order valence-electron chi connectivity index (χ1n) is 5.33. The maximum Gasteiger partial charge on any atom is 0.151 e. The van der Waals surface area contributed by atoms with Gasteiger partial charge in [0.1, 0.15) is 6.29 Å². The topological polar surface area (TPSA) is 46.1 Å². The Balaban J connectivity index is 2.20. The van der Waals surface area contributed by atoms with E-state index in [4.69, 9.17) is 0 Å². The van der Waals surface area contributed by atoms with Gasteiger partial charge in [0.05, 0.1) is 11.7 Å². The molecule has 1 fully saturated rings. The van der Waals surface area contributed by atoms with Crippen molar-refractivity contribution in [3.63, 3.8) is 0 Å². The standard InChI is InChI=1S/C11H15N3O/c1-9-5-6-11(13-12-9)14-7-3-2-4-10(14)8-15/h5-6,8,10H,2-4,7H2,1H3. The Labute approximate surface area is 89.3 Å². The summed E-state index contributed by atoms with van der Waals surface area (Å²) in [6.07, 6.45) is 4.19. The molecule has 4 heteroatoms. The van der Waals surface area contributed by atoms with Gasteiger partial charge < -0.3 is 9.69 Å².